The van der Waals surface area contributed by atoms with E-state index in [0.29, 0.717) is 24.0 Å². The minimum atomic E-state index is -0.0364. The average Bonchev–Trinajstić information content (AvgIpc) is 2.98. The Bertz CT molecular complexity index is 348. The minimum absolute atomic E-state index is 0.0364. The fourth-order valence-corrected chi connectivity index (χ4v) is 1.11. The van der Waals surface area contributed by atoms with Crippen LogP contribution in [-0.4, -0.2) is 22.6 Å². The van der Waals surface area contributed by atoms with E-state index < -0.39 is 0 Å². The number of ether oxygens (including phenoxy) is 1. The molecule has 5 heteroatoms. The van der Waals surface area contributed by atoms with Crippen molar-refractivity contribution in [2.75, 3.05) is 6.61 Å². The van der Waals surface area contributed by atoms with Gasteiger partial charge in [-0.25, -0.2) is 0 Å². The number of nitrogens with one attached hydrogen (secondary N) is 1. The van der Waals surface area contributed by atoms with Crippen molar-refractivity contribution in [1.29, 1.82) is 5.41 Å². The van der Waals surface area contributed by atoms with Crippen molar-refractivity contribution in [2.24, 2.45) is 11.7 Å². The molecule has 0 saturated heterocycles. The van der Waals surface area contributed by atoms with Gasteiger partial charge in [-0.1, -0.05) is 0 Å². The molecule has 0 aliphatic heterocycles. The van der Waals surface area contributed by atoms with Crippen LogP contribution < -0.4 is 10.5 Å². The molecule has 0 bridgehead atoms. The molecule has 0 amide bonds. The maximum absolute atomic E-state index is 7.31. The van der Waals surface area contributed by atoms with Crippen molar-refractivity contribution in [3.63, 3.8) is 0 Å². The van der Waals surface area contributed by atoms with Gasteiger partial charge in [0.15, 0.2) is 0 Å². The molecule has 1 aliphatic carbocycles. The van der Waals surface area contributed by atoms with Gasteiger partial charge in [0.25, 0.3) is 0 Å². The van der Waals surface area contributed by atoms with Crippen LogP contribution in [0.4, 0.5) is 0 Å². The second-order valence-corrected chi connectivity index (χ2v) is 3.42. The molecule has 5 nitrogen and oxygen atoms in total. The maximum atomic E-state index is 7.31. The number of rotatable bonds is 4. The standard InChI is InChI=1S/C9H12N4O/c10-8(11)7-3-4-12-13-9(7)14-5-6-1-2-6/h3-4,6H,1-2,5H2,(H3,10,11). The number of amidine groups is 1. The van der Waals surface area contributed by atoms with Crippen LogP contribution in [0.5, 0.6) is 5.88 Å². The van der Waals surface area contributed by atoms with Gasteiger partial charge in [-0.05, 0) is 24.8 Å². The van der Waals surface area contributed by atoms with Crippen molar-refractivity contribution < 1.29 is 4.74 Å². The molecule has 1 aliphatic rings. The number of nitrogens with two attached hydrogens (primary N) is 1. The Kier molecular flexibility index (Phi) is 2.30. The highest BCUT2D eigenvalue weighted by atomic mass is 16.5. The lowest BCUT2D eigenvalue weighted by molar-refractivity contribution is 0.284. The molecule has 74 valence electrons. The molecule has 1 saturated carbocycles. The van der Waals surface area contributed by atoms with Gasteiger partial charge < -0.3 is 10.5 Å². The molecule has 1 fully saturated rings. The quantitative estimate of drug-likeness (QED) is 0.539. The Morgan fingerprint density at radius 2 is 2.43 bits per heavy atom. The summed E-state index contributed by atoms with van der Waals surface area (Å²) in [7, 11) is 0. The van der Waals surface area contributed by atoms with Gasteiger partial charge >= 0.3 is 0 Å². The Morgan fingerprint density at radius 1 is 1.64 bits per heavy atom. The van der Waals surface area contributed by atoms with Crippen LogP contribution in [0.2, 0.25) is 0 Å². The van der Waals surface area contributed by atoms with Crippen LogP contribution in [0.1, 0.15) is 18.4 Å². The summed E-state index contributed by atoms with van der Waals surface area (Å²) in [6.45, 7) is 0.652. The van der Waals surface area contributed by atoms with Crippen molar-refractivity contribution in [1.82, 2.24) is 10.2 Å². The monoisotopic (exact) mass is 192 g/mol. The van der Waals surface area contributed by atoms with Gasteiger partial charge in [0.05, 0.1) is 18.4 Å². The lowest BCUT2D eigenvalue weighted by Crippen LogP contribution is -2.15. The zero-order chi connectivity index (χ0) is 9.97. The average molecular weight is 192 g/mol. The summed E-state index contributed by atoms with van der Waals surface area (Å²) in [6, 6.07) is 1.64. The molecule has 1 aromatic rings. The molecular formula is C9H12N4O. The first-order valence-corrected chi connectivity index (χ1v) is 4.56. The number of hydrogen-bond donors (Lipinski definition) is 2. The molecule has 0 aromatic carbocycles. The van der Waals surface area contributed by atoms with E-state index in [1.54, 1.807) is 6.07 Å². The molecule has 1 heterocycles. The number of nitrogen functional groups attached to an aromatic ring is 1. The Morgan fingerprint density at radius 3 is 3.07 bits per heavy atom. The van der Waals surface area contributed by atoms with Gasteiger partial charge in [0.1, 0.15) is 5.84 Å². The summed E-state index contributed by atoms with van der Waals surface area (Å²) in [4.78, 5) is 0. The number of aromatic nitrogens is 2. The Hall–Kier alpha value is -1.65. The lowest BCUT2D eigenvalue weighted by Gasteiger charge is -2.06. The maximum Gasteiger partial charge on any atom is 0.244 e. The van der Waals surface area contributed by atoms with Crippen LogP contribution in [0.25, 0.3) is 0 Å². The predicted molar refractivity (Wildman–Crippen MR) is 51.3 cm³/mol. The summed E-state index contributed by atoms with van der Waals surface area (Å²) in [5.41, 5.74) is 5.89. The Balaban J connectivity index is 2.09. The second-order valence-electron chi connectivity index (χ2n) is 3.42. The summed E-state index contributed by atoms with van der Waals surface area (Å²) in [5.74, 6) is 0.981. The molecular weight excluding hydrogens is 180 g/mol. The first kappa shape index (κ1) is 8.93. The third-order valence-electron chi connectivity index (χ3n) is 2.13. The molecule has 0 unspecified atom stereocenters. The molecule has 0 spiro atoms. The van der Waals surface area contributed by atoms with E-state index in [-0.39, 0.29) is 5.84 Å². The van der Waals surface area contributed by atoms with E-state index in [1.807, 2.05) is 0 Å². The number of hydrogen-bond acceptors (Lipinski definition) is 4. The van der Waals surface area contributed by atoms with Gasteiger partial charge in [-0.2, -0.15) is 5.10 Å². The summed E-state index contributed by atoms with van der Waals surface area (Å²) < 4.78 is 5.43. The first-order chi connectivity index (χ1) is 6.77. The van der Waals surface area contributed by atoms with Crippen LogP contribution in [0, 0.1) is 11.3 Å². The van der Waals surface area contributed by atoms with E-state index in [2.05, 4.69) is 10.2 Å². The smallest absolute Gasteiger partial charge is 0.244 e. The highest BCUT2D eigenvalue weighted by molar-refractivity contribution is 5.96. The third-order valence-corrected chi connectivity index (χ3v) is 2.13. The van der Waals surface area contributed by atoms with Gasteiger partial charge in [-0.15, -0.1) is 5.10 Å². The fourth-order valence-electron chi connectivity index (χ4n) is 1.11. The van der Waals surface area contributed by atoms with Gasteiger partial charge in [-0.3, -0.25) is 5.41 Å². The summed E-state index contributed by atoms with van der Waals surface area (Å²) >= 11 is 0. The van der Waals surface area contributed by atoms with E-state index in [0.717, 1.165) is 0 Å². The molecule has 2 rings (SSSR count). The van der Waals surface area contributed by atoms with Crippen LogP contribution in [0.3, 0.4) is 0 Å². The molecule has 0 radical (unpaired) electrons. The Labute approximate surface area is 81.8 Å². The minimum Gasteiger partial charge on any atom is -0.476 e. The van der Waals surface area contributed by atoms with E-state index in [1.165, 1.54) is 19.0 Å². The van der Waals surface area contributed by atoms with E-state index >= 15 is 0 Å². The molecule has 1 aromatic heterocycles. The van der Waals surface area contributed by atoms with Crippen LogP contribution in [-0.2, 0) is 0 Å². The number of nitrogens with zero attached hydrogens (tertiary/aromatic N) is 2. The van der Waals surface area contributed by atoms with E-state index in [4.69, 9.17) is 15.9 Å². The van der Waals surface area contributed by atoms with Crippen molar-refractivity contribution >= 4 is 5.84 Å². The molecule has 14 heavy (non-hydrogen) atoms. The highest BCUT2D eigenvalue weighted by Crippen LogP contribution is 2.29. The van der Waals surface area contributed by atoms with E-state index in [9.17, 15) is 0 Å². The van der Waals surface area contributed by atoms with Gasteiger partial charge in [0, 0.05) is 0 Å². The van der Waals surface area contributed by atoms with Crippen molar-refractivity contribution in [3.05, 3.63) is 17.8 Å². The second kappa shape index (κ2) is 3.61. The topological polar surface area (TPSA) is 84.9 Å². The highest BCUT2D eigenvalue weighted by Gasteiger charge is 2.22. The third kappa shape index (κ3) is 1.99. The normalized spacial score (nSPS) is 15.1. The molecule has 3 N–H and O–H groups in total. The van der Waals surface area contributed by atoms with Crippen molar-refractivity contribution in [2.45, 2.75) is 12.8 Å². The van der Waals surface area contributed by atoms with Gasteiger partial charge in [0.2, 0.25) is 5.88 Å². The zero-order valence-electron chi connectivity index (χ0n) is 7.73. The largest absolute Gasteiger partial charge is 0.476 e. The molecule has 0 atom stereocenters. The van der Waals surface area contributed by atoms with Crippen LogP contribution in [0.15, 0.2) is 12.3 Å². The zero-order valence-corrected chi connectivity index (χ0v) is 7.73. The SMILES string of the molecule is N=C(N)c1ccnnc1OCC1CC1. The lowest BCUT2D eigenvalue weighted by atomic mass is 10.3. The summed E-state index contributed by atoms with van der Waals surface area (Å²) in [6.07, 6.45) is 3.94. The first-order valence-electron chi connectivity index (χ1n) is 4.56. The fraction of sp³-hybridized carbons (Fsp3) is 0.444. The predicted octanol–water partition coefficient (Wildman–Crippen LogP) is 0.549. The van der Waals surface area contributed by atoms with Crippen molar-refractivity contribution in [3.8, 4) is 5.88 Å². The summed E-state index contributed by atoms with van der Waals surface area (Å²) in [5, 5.41) is 14.8. The van der Waals surface area contributed by atoms with Crippen LogP contribution >= 0.6 is 0 Å².